The SMILES string of the molecule is O=C(NCc1ccccc1F)c1ccc(NS(=O)(=O)c2ccc(Br)cc2)cc1. The average Bonchev–Trinajstić information content (AvgIpc) is 2.68. The van der Waals surface area contributed by atoms with E-state index in [1.54, 1.807) is 30.3 Å². The van der Waals surface area contributed by atoms with Crippen molar-refractivity contribution < 1.29 is 17.6 Å². The molecule has 2 N–H and O–H groups in total. The number of hydrogen-bond donors (Lipinski definition) is 2. The molecular weight excluding hydrogens is 447 g/mol. The molecule has 0 bridgehead atoms. The van der Waals surface area contributed by atoms with Crippen LogP contribution in [0.15, 0.2) is 82.2 Å². The molecule has 0 atom stereocenters. The van der Waals surface area contributed by atoms with Gasteiger partial charge in [-0.05, 0) is 54.6 Å². The number of carbonyl (C=O) groups excluding carboxylic acids is 1. The van der Waals surface area contributed by atoms with Crippen molar-refractivity contribution in [2.24, 2.45) is 0 Å². The standard InChI is InChI=1S/C20H16BrFN2O3S/c21-16-7-11-18(12-8-16)28(26,27)24-17-9-5-14(6-10-17)20(25)23-13-15-3-1-2-4-19(15)22/h1-12,24H,13H2,(H,23,25). The van der Waals surface area contributed by atoms with E-state index < -0.39 is 10.0 Å². The average molecular weight is 463 g/mol. The molecular formula is C20H16BrFN2O3S. The second-order valence-corrected chi connectivity index (χ2v) is 8.51. The molecule has 0 saturated carbocycles. The number of halogens is 2. The number of amides is 1. The zero-order chi connectivity index (χ0) is 20.1. The molecule has 0 saturated heterocycles. The number of benzene rings is 3. The molecule has 1 amide bonds. The molecule has 144 valence electrons. The molecule has 0 aliphatic rings. The first kappa shape index (κ1) is 20.0. The van der Waals surface area contributed by atoms with Crippen molar-refractivity contribution in [1.29, 1.82) is 0 Å². The van der Waals surface area contributed by atoms with Crippen LogP contribution in [0.3, 0.4) is 0 Å². The van der Waals surface area contributed by atoms with E-state index in [1.807, 2.05) is 0 Å². The predicted octanol–water partition coefficient (Wildman–Crippen LogP) is 4.32. The maximum atomic E-state index is 13.6. The molecule has 0 aliphatic heterocycles. The molecule has 3 aromatic rings. The molecule has 0 radical (unpaired) electrons. The van der Waals surface area contributed by atoms with Gasteiger partial charge in [-0.15, -0.1) is 0 Å². The smallest absolute Gasteiger partial charge is 0.261 e. The molecule has 3 aromatic carbocycles. The minimum atomic E-state index is -3.73. The van der Waals surface area contributed by atoms with Gasteiger partial charge in [-0.1, -0.05) is 34.1 Å². The molecule has 0 spiro atoms. The first-order chi connectivity index (χ1) is 13.3. The van der Waals surface area contributed by atoms with E-state index in [-0.39, 0.29) is 23.2 Å². The minimum absolute atomic E-state index is 0.0590. The van der Waals surface area contributed by atoms with Crippen LogP contribution in [-0.2, 0) is 16.6 Å². The summed E-state index contributed by atoms with van der Waals surface area (Å²) in [5.41, 5.74) is 1.05. The fraction of sp³-hybridized carbons (Fsp3) is 0.0500. The quantitative estimate of drug-likeness (QED) is 0.572. The Hall–Kier alpha value is -2.71. The van der Waals surface area contributed by atoms with Crippen molar-refractivity contribution in [3.63, 3.8) is 0 Å². The third-order valence-electron chi connectivity index (χ3n) is 3.92. The summed E-state index contributed by atoms with van der Waals surface area (Å²) < 4.78 is 41.6. The molecule has 0 fully saturated rings. The van der Waals surface area contributed by atoms with Crippen molar-refractivity contribution in [3.8, 4) is 0 Å². The fourth-order valence-corrected chi connectivity index (χ4v) is 3.76. The van der Waals surface area contributed by atoms with E-state index in [4.69, 9.17) is 0 Å². The van der Waals surface area contributed by atoms with Gasteiger partial charge in [-0.3, -0.25) is 9.52 Å². The summed E-state index contributed by atoms with van der Waals surface area (Å²) in [6, 6.07) is 18.4. The Morgan fingerprint density at radius 1 is 0.929 bits per heavy atom. The highest BCUT2D eigenvalue weighted by Gasteiger charge is 2.14. The fourth-order valence-electron chi connectivity index (χ4n) is 2.44. The zero-order valence-corrected chi connectivity index (χ0v) is 16.9. The number of nitrogens with one attached hydrogen (secondary N) is 2. The van der Waals surface area contributed by atoms with Crippen molar-refractivity contribution in [1.82, 2.24) is 5.32 Å². The first-order valence-electron chi connectivity index (χ1n) is 8.25. The first-order valence-corrected chi connectivity index (χ1v) is 10.5. The molecule has 0 unspecified atom stereocenters. The lowest BCUT2D eigenvalue weighted by Crippen LogP contribution is -2.23. The monoisotopic (exact) mass is 462 g/mol. The number of anilines is 1. The van der Waals surface area contributed by atoms with E-state index in [2.05, 4.69) is 26.0 Å². The van der Waals surface area contributed by atoms with Gasteiger partial charge in [0.25, 0.3) is 15.9 Å². The summed E-state index contributed by atoms with van der Waals surface area (Å²) in [7, 11) is -3.73. The van der Waals surface area contributed by atoms with E-state index in [9.17, 15) is 17.6 Å². The van der Waals surface area contributed by atoms with Crippen molar-refractivity contribution in [3.05, 3.63) is 94.2 Å². The van der Waals surface area contributed by atoms with Gasteiger partial charge in [0.15, 0.2) is 0 Å². The van der Waals surface area contributed by atoms with Crippen LogP contribution in [0.25, 0.3) is 0 Å². The Balaban J connectivity index is 1.65. The summed E-state index contributed by atoms with van der Waals surface area (Å²) in [6.45, 7) is 0.0590. The summed E-state index contributed by atoms with van der Waals surface area (Å²) >= 11 is 3.26. The van der Waals surface area contributed by atoms with E-state index >= 15 is 0 Å². The van der Waals surface area contributed by atoms with E-state index in [0.29, 0.717) is 16.8 Å². The molecule has 0 aliphatic carbocycles. The van der Waals surface area contributed by atoms with Gasteiger partial charge >= 0.3 is 0 Å². The van der Waals surface area contributed by atoms with Gasteiger partial charge in [0, 0.05) is 27.8 Å². The largest absolute Gasteiger partial charge is 0.348 e. The van der Waals surface area contributed by atoms with Gasteiger partial charge in [0.2, 0.25) is 0 Å². The number of rotatable bonds is 6. The second-order valence-electron chi connectivity index (χ2n) is 5.91. The van der Waals surface area contributed by atoms with Gasteiger partial charge in [-0.25, -0.2) is 12.8 Å². The second kappa shape index (κ2) is 8.53. The Morgan fingerprint density at radius 2 is 1.57 bits per heavy atom. The van der Waals surface area contributed by atoms with Crippen molar-refractivity contribution in [2.45, 2.75) is 11.4 Å². The molecule has 3 rings (SSSR count). The molecule has 0 aromatic heterocycles. The van der Waals surface area contributed by atoms with Crippen LogP contribution in [0.4, 0.5) is 10.1 Å². The lowest BCUT2D eigenvalue weighted by molar-refractivity contribution is 0.0950. The van der Waals surface area contributed by atoms with Crippen LogP contribution in [0, 0.1) is 5.82 Å². The summed E-state index contributed by atoms with van der Waals surface area (Å²) in [5.74, 6) is -0.772. The van der Waals surface area contributed by atoms with Crippen LogP contribution in [0.2, 0.25) is 0 Å². The van der Waals surface area contributed by atoms with E-state index in [1.165, 1.54) is 42.5 Å². The van der Waals surface area contributed by atoms with E-state index in [0.717, 1.165) is 4.47 Å². The number of sulfonamides is 1. The van der Waals surface area contributed by atoms with Crippen LogP contribution in [0.1, 0.15) is 15.9 Å². The highest BCUT2D eigenvalue weighted by molar-refractivity contribution is 9.10. The zero-order valence-electron chi connectivity index (χ0n) is 14.5. The Morgan fingerprint density at radius 3 is 2.21 bits per heavy atom. The molecule has 5 nitrogen and oxygen atoms in total. The predicted molar refractivity (Wildman–Crippen MR) is 109 cm³/mol. The maximum Gasteiger partial charge on any atom is 0.261 e. The molecule has 8 heteroatoms. The minimum Gasteiger partial charge on any atom is -0.348 e. The third-order valence-corrected chi connectivity index (χ3v) is 5.85. The summed E-state index contributed by atoms with van der Waals surface area (Å²) in [6.07, 6.45) is 0. The number of hydrogen-bond acceptors (Lipinski definition) is 3. The normalized spacial score (nSPS) is 11.1. The van der Waals surface area contributed by atoms with Crippen LogP contribution in [-0.4, -0.2) is 14.3 Å². The maximum absolute atomic E-state index is 13.6. The van der Waals surface area contributed by atoms with Crippen LogP contribution < -0.4 is 10.0 Å². The Kier molecular flexibility index (Phi) is 6.11. The van der Waals surface area contributed by atoms with Crippen molar-refractivity contribution >= 4 is 37.5 Å². The topological polar surface area (TPSA) is 75.3 Å². The Bertz CT molecular complexity index is 1090. The van der Waals surface area contributed by atoms with Crippen LogP contribution in [0.5, 0.6) is 0 Å². The van der Waals surface area contributed by atoms with Gasteiger partial charge in [-0.2, -0.15) is 0 Å². The molecule has 28 heavy (non-hydrogen) atoms. The van der Waals surface area contributed by atoms with Gasteiger partial charge in [0.05, 0.1) is 4.90 Å². The number of carbonyl (C=O) groups is 1. The molecule has 0 heterocycles. The highest BCUT2D eigenvalue weighted by atomic mass is 79.9. The lowest BCUT2D eigenvalue weighted by Gasteiger charge is -2.10. The van der Waals surface area contributed by atoms with Crippen molar-refractivity contribution in [2.75, 3.05) is 4.72 Å². The van der Waals surface area contributed by atoms with Crippen LogP contribution >= 0.6 is 15.9 Å². The summed E-state index contributed by atoms with van der Waals surface area (Å²) in [4.78, 5) is 12.3. The lowest BCUT2D eigenvalue weighted by atomic mass is 10.1. The van der Waals surface area contributed by atoms with Gasteiger partial charge in [0.1, 0.15) is 5.82 Å². The summed E-state index contributed by atoms with van der Waals surface area (Å²) in [5, 5.41) is 2.63. The Labute approximate surface area is 170 Å². The highest BCUT2D eigenvalue weighted by Crippen LogP contribution is 2.19. The van der Waals surface area contributed by atoms with Gasteiger partial charge < -0.3 is 5.32 Å². The third kappa shape index (κ3) is 4.96.